The SMILES string of the molecule is CCCC(C)C(C(=O)Nc1cccc2c1CC(C(=O)O)C2)c1ccc(CN2N=C(c3ccccc3)OCC2=O)cc1. The Labute approximate surface area is 240 Å². The van der Waals surface area contributed by atoms with Crippen molar-refractivity contribution in [3.63, 3.8) is 0 Å². The summed E-state index contributed by atoms with van der Waals surface area (Å²) >= 11 is 0. The molecule has 41 heavy (non-hydrogen) atoms. The number of fused-ring (bicyclic) bond motifs is 1. The van der Waals surface area contributed by atoms with E-state index < -0.39 is 11.9 Å². The second-order valence-corrected chi connectivity index (χ2v) is 10.9. The number of ether oxygens (including phenoxy) is 1. The molecule has 0 saturated carbocycles. The van der Waals surface area contributed by atoms with Crippen molar-refractivity contribution in [1.82, 2.24) is 5.01 Å². The molecule has 2 amide bonds. The third-order valence-corrected chi connectivity index (χ3v) is 7.92. The van der Waals surface area contributed by atoms with Gasteiger partial charge in [-0.1, -0.05) is 74.9 Å². The van der Waals surface area contributed by atoms with Crippen molar-refractivity contribution in [1.29, 1.82) is 0 Å². The maximum absolute atomic E-state index is 13.7. The molecule has 0 saturated heterocycles. The molecule has 8 heteroatoms. The highest BCUT2D eigenvalue weighted by atomic mass is 16.5. The fourth-order valence-corrected chi connectivity index (χ4v) is 5.76. The molecule has 2 aliphatic rings. The number of rotatable bonds is 10. The maximum atomic E-state index is 13.7. The van der Waals surface area contributed by atoms with Gasteiger partial charge in [0.1, 0.15) is 0 Å². The summed E-state index contributed by atoms with van der Waals surface area (Å²) < 4.78 is 5.55. The van der Waals surface area contributed by atoms with Crippen LogP contribution in [-0.2, 0) is 38.5 Å². The van der Waals surface area contributed by atoms with Gasteiger partial charge < -0.3 is 15.2 Å². The zero-order chi connectivity index (χ0) is 28.9. The van der Waals surface area contributed by atoms with Crippen LogP contribution in [0.5, 0.6) is 0 Å². The molecule has 0 spiro atoms. The summed E-state index contributed by atoms with van der Waals surface area (Å²) in [5.41, 5.74) is 5.18. The van der Waals surface area contributed by atoms with Gasteiger partial charge in [0.05, 0.1) is 18.4 Å². The molecule has 3 atom stereocenters. The van der Waals surface area contributed by atoms with Crippen molar-refractivity contribution in [2.75, 3.05) is 11.9 Å². The Morgan fingerprint density at radius 3 is 2.51 bits per heavy atom. The van der Waals surface area contributed by atoms with Crippen LogP contribution in [0.15, 0.2) is 77.9 Å². The minimum atomic E-state index is -0.811. The predicted octanol–water partition coefficient (Wildman–Crippen LogP) is 5.37. The highest BCUT2D eigenvalue weighted by Crippen LogP contribution is 2.35. The largest absolute Gasteiger partial charge is 0.481 e. The van der Waals surface area contributed by atoms with Crippen LogP contribution in [0.2, 0.25) is 0 Å². The van der Waals surface area contributed by atoms with Crippen molar-refractivity contribution >= 4 is 29.4 Å². The number of hydrogen-bond acceptors (Lipinski definition) is 5. The molecule has 212 valence electrons. The van der Waals surface area contributed by atoms with E-state index in [1.54, 1.807) is 0 Å². The van der Waals surface area contributed by atoms with Gasteiger partial charge >= 0.3 is 5.97 Å². The van der Waals surface area contributed by atoms with E-state index in [0.29, 0.717) is 31.0 Å². The van der Waals surface area contributed by atoms with E-state index in [-0.39, 0.29) is 30.3 Å². The van der Waals surface area contributed by atoms with E-state index in [2.05, 4.69) is 24.3 Å². The van der Waals surface area contributed by atoms with Gasteiger partial charge in [-0.05, 0) is 65.6 Å². The van der Waals surface area contributed by atoms with Gasteiger partial charge in [-0.15, -0.1) is 5.10 Å². The summed E-state index contributed by atoms with van der Waals surface area (Å²) in [6, 6.07) is 22.9. The number of aliphatic carboxylic acids is 1. The van der Waals surface area contributed by atoms with Crippen LogP contribution < -0.4 is 5.32 Å². The zero-order valence-corrected chi connectivity index (χ0v) is 23.4. The minimum Gasteiger partial charge on any atom is -0.481 e. The third kappa shape index (κ3) is 6.32. The van der Waals surface area contributed by atoms with Crippen molar-refractivity contribution in [2.45, 2.75) is 52.0 Å². The van der Waals surface area contributed by atoms with Gasteiger partial charge in [0.25, 0.3) is 5.91 Å². The van der Waals surface area contributed by atoms with Gasteiger partial charge in [-0.2, -0.15) is 0 Å². The number of nitrogens with zero attached hydrogens (tertiary/aromatic N) is 2. The highest BCUT2D eigenvalue weighted by Gasteiger charge is 2.31. The number of carbonyl (C=O) groups excluding carboxylic acids is 2. The Morgan fingerprint density at radius 1 is 1.05 bits per heavy atom. The van der Waals surface area contributed by atoms with Crippen LogP contribution >= 0.6 is 0 Å². The summed E-state index contributed by atoms with van der Waals surface area (Å²) in [5, 5.41) is 18.5. The lowest BCUT2D eigenvalue weighted by molar-refractivity contribution is -0.141. The van der Waals surface area contributed by atoms with E-state index in [0.717, 1.165) is 40.7 Å². The second-order valence-electron chi connectivity index (χ2n) is 10.9. The van der Waals surface area contributed by atoms with E-state index in [9.17, 15) is 19.5 Å². The molecule has 0 radical (unpaired) electrons. The highest BCUT2D eigenvalue weighted by molar-refractivity contribution is 5.98. The van der Waals surface area contributed by atoms with E-state index in [1.807, 2.05) is 72.8 Å². The third-order valence-electron chi connectivity index (χ3n) is 7.92. The summed E-state index contributed by atoms with van der Waals surface area (Å²) in [7, 11) is 0. The second kappa shape index (κ2) is 12.4. The first kappa shape index (κ1) is 28.1. The van der Waals surface area contributed by atoms with Crippen molar-refractivity contribution in [3.05, 3.63) is 101 Å². The molecule has 1 aliphatic carbocycles. The lowest BCUT2D eigenvalue weighted by Crippen LogP contribution is -2.36. The average molecular weight is 554 g/mol. The van der Waals surface area contributed by atoms with Gasteiger partial charge in [0, 0.05) is 11.3 Å². The van der Waals surface area contributed by atoms with Crippen molar-refractivity contribution in [2.24, 2.45) is 16.9 Å². The Morgan fingerprint density at radius 2 is 1.80 bits per heavy atom. The molecule has 3 aromatic carbocycles. The van der Waals surface area contributed by atoms with Gasteiger partial charge in [0.2, 0.25) is 11.8 Å². The number of carbonyl (C=O) groups is 3. The molecule has 5 rings (SSSR count). The Hall–Kier alpha value is -4.46. The number of nitrogens with one attached hydrogen (secondary N) is 1. The van der Waals surface area contributed by atoms with Gasteiger partial charge in [-0.25, -0.2) is 5.01 Å². The first-order valence-corrected chi connectivity index (χ1v) is 14.1. The quantitative estimate of drug-likeness (QED) is 0.351. The molecule has 1 aliphatic heterocycles. The van der Waals surface area contributed by atoms with E-state index >= 15 is 0 Å². The van der Waals surface area contributed by atoms with Crippen molar-refractivity contribution in [3.8, 4) is 0 Å². The normalized spacial score (nSPS) is 17.7. The Balaban J connectivity index is 1.34. The first-order valence-electron chi connectivity index (χ1n) is 14.1. The summed E-state index contributed by atoms with van der Waals surface area (Å²) in [5.74, 6) is -1.48. The Kier molecular flexibility index (Phi) is 8.47. The molecule has 1 heterocycles. The fraction of sp³-hybridized carbons (Fsp3) is 0.333. The molecule has 8 nitrogen and oxygen atoms in total. The average Bonchev–Trinajstić information content (AvgIpc) is 3.42. The molecule has 0 fully saturated rings. The number of anilines is 1. The lowest BCUT2D eigenvalue weighted by atomic mass is 9.83. The molecule has 0 bridgehead atoms. The zero-order valence-electron chi connectivity index (χ0n) is 23.4. The lowest BCUT2D eigenvalue weighted by Gasteiger charge is -2.25. The summed E-state index contributed by atoms with van der Waals surface area (Å²) in [6.45, 7) is 4.41. The molecule has 3 aromatic rings. The van der Waals surface area contributed by atoms with Crippen LogP contribution in [0.4, 0.5) is 5.69 Å². The van der Waals surface area contributed by atoms with Crippen LogP contribution in [-0.4, -0.2) is 40.4 Å². The van der Waals surface area contributed by atoms with Crippen LogP contribution in [0.1, 0.15) is 60.4 Å². The molecular formula is C33H35N3O5. The molecule has 2 N–H and O–H groups in total. The van der Waals surface area contributed by atoms with Crippen LogP contribution in [0, 0.1) is 11.8 Å². The van der Waals surface area contributed by atoms with Crippen molar-refractivity contribution < 1.29 is 24.2 Å². The molecular weight excluding hydrogens is 518 g/mol. The summed E-state index contributed by atoms with van der Waals surface area (Å²) in [4.78, 5) is 37.9. The van der Waals surface area contributed by atoms with E-state index in [4.69, 9.17) is 4.74 Å². The number of hydrazone groups is 1. The molecule has 0 aromatic heterocycles. The van der Waals surface area contributed by atoms with Gasteiger partial charge in [-0.3, -0.25) is 14.4 Å². The standard InChI is InChI=1S/C33H35N3O5/c1-3-8-21(2)30(31(38)34-28-12-7-11-25-17-26(33(39)40)18-27(25)28)23-15-13-22(14-16-23)19-36-29(37)20-41-32(35-36)24-9-5-4-6-10-24/h4-7,9-16,21,26,30H,3,8,17-20H2,1-2H3,(H,34,38)(H,39,40). The monoisotopic (exact) mass is 553 g/mol. The topological polar surface area (TPSA) is 108 Å². The van der Waals surface area contributed by atoms with Gasteiger partial charge in [0.15, 0.2) is 6.61 Å². The smallest absolute Gasteiger partial charge is 0.307 e. The number of carboxylic acids is 1. The number of hydrogen-bond donors (Lipinski definition) is 2. The van der Waals surface area contributed by atoms with E-state index in [1.165, 1.54) is 5.01 Å². The number of benzene rings is 3. The van der Waals surface area contributed by atoms with Crippen LogP contribution in [0.3, 0.4) is 0 Å². The maximum Gasteiger partial charge on any atom is 0.307 e. The fourth-order valence-electron chi connectivity index (χ4n) is 5.76. The first-order chi connectivity index (χ1) is 19.8. The molecule has 3 unspecified atom stereocenters. The predicted molar refractivity (Wildman–Crippen MR) is 156 cm³/mol. The summed E-state index contributed by atoms with van der Waals surface area (Å²) in [6.07, 6.45) is 2.73. The minimum absolute atomic E-state index is 0.0704. The number of carboxylic acid groups (broad SMARTS) is 1. The van der Waals surface area contributed by atoms with Crippen LogP contribution in [0.25, 0.3) is 0 Å². The Bertz CT molecular complexity index is 1450. The number of amides is 2.